The molecule has 8 heteroatoms. The summed E-state index contributed by atoms with van der Waals surface area (Å²) in [4.78, 5) is 0.327. The monoisotopic (exact) mass is 401 g/mol. The van der Waals surface area contributed by atoms with E-state index in [9.17, 15) is 8.42 Å². The molecule has 0 spiro atoms. The molecule has 25 heavy (non-hydrogen) atoms. The van der Waals surface area contributed by atoms with Crippen LogP contribution in [-0.4, -0.2) is 49.5 Å². The van der Waals surface area contributed by atoms with Gasteiger partial charge in [-0.3, -0.25) is 0 Å². The SMILES string of the molecule is CSCCCNC(=S)Nc1cc(S(=O)(=O)N2CCCCC2)ccc1C. The summed E-state index contributed by atoms with van der Waals surface area (Å²) in [5, 5.41) is 6.82. The van der Waals surface area contributed by atoms with Crippen LogP contribution in [0.1, 0.15) is 31.2 Å². The second kappa shape index (κ2) is 9.75. The molecule has 1 aliphatic rings. The zero-order chi connectivity index (χ0) is 18.3. The van der Waals surface area contributed by atoms with Gasteiger partial charge < -0.3 is 10.6 Å². The molecule has 1 aliphatic heterocycles. The zero-order valence-electron chi connectivity index (χ0n) is 14.9. The molecule has 2 N–H and O–H groups in total. The van der Waals surface area contributed by atoms with E-state index in [1.165, 1.54) is 0 Å². The minimum Gasteiger partial charge on any atom is -0.362 e. The summed E-state index contributed by atoms with van der Waals surface area (Å²) >= 11 is 7.12. The predicted octanol–water partition coefficient (Wildman–Crippen LogP) is 3.21. The number of thiocarbonyl (C=S) groups is 1. The summed E-state index contributed by atoms with van der Waals surface area (Å²) in [5.41, 5.74) is 1.70. The van der Waals surface area contributed by atoms with Crippen LogP contribution in [0.15, 0.2) is 23.1 Å². The number of rotatable bonds is 7. The van der Waals surface area contributed by atoms with Gasteiger partial charge in [0.05, 0.1) is 4.90 Å². The van der Waals surface area contributed by atoms with Gasteiger partial charge in [0, 0.05) is 25.3 Å². The maximum Gasteiger partial charge on any atom is 0.243 e. The van der Waals surface area contributed by atoms with Crippen molar-refractivity contribution in [3.8, 4) is 0 Å². The van der Waals surface area contributed by atoms with Crippen molar-refractivity contribution in [2.45, 2.75) is 37.5 Å². The Labute approximate surface area is 161 Å². The Morgan fingerprint density at radius 1 is 1.28 bits per heavy atom. The summed E-state index contributed by atoms with van der Waals surface area (Å²) in [5.74, 6) is 1.08. The minimum atomic E-state index is -3.43. The summed E-state index contributed by atoms with van der Waals surface area (Å²) in [6, 6.07) is 5.20. The number of thioether (sulfide) groups is 1. The van der Waals surface area contributed by atoms with E-state index in [1.807, 2.05) is 13.0 Å². The first kappa shape index (κ1) is 20.5. The highest BCUT2D eigenvalue weighted by Gasteiger charge is 2.26. The zero-order valence-corrected chi connectivity index (χ0v) is 17.3. The van der Waals surface area contributed by atoms with Gasteiger partial charge in [-0.15, -0.1) is 0 Å². The van der Waals surface area contributed by atoms with Crippen molar-refractivity contribution in [3.63, 3.8) is 0 Å². The molecule has 1 aromatic rings. The molecule has 0 saturated carbocycles. The fourth-order valence-corrected chi connectivity index (χ4v) is 4.92. The Morgan fingerprint density at radius 2 is 2.00 bits per heavy atom. The molecule has 0 radical (unpaired) electrons. The normalized spacial score (nSPS) is 15.8. The van der Waals surface area contributed by atoms with Gasteiger partial charge in [-0.2, -0.15) is 16.1 Å². The van der Waals surface area contributed by atoms with Gasteiger partial charge in [-0.25, -0.2) is 8.42 Å². The van der Waals surface area contributed by atoms with Crippen molar-refractivity contribution in [1.29, 1.82) is 0 Å². The largest absolute Gasteiger partial charge is 0.362 e. The third-order valence-electron chi connectivity index (χ3n) is 4.22. The van der Waals surface area contributed by atoms with Crippen molar-refractivity contribution in [2.75, 3.05) is 37.0 Å². The smallest absolute Gasteiger partial charge is 0.243 e. The Balaban J connectivity index is 2.07. The van der Waals surface area contributed by atoms with E-state index in [-0.39, 0.29) is 0 Å². The molecule has 140 valence electrons. The lowest BCUT2D eigenvalue weighted by molar-refractivity contribution is 0.346. The molecule has 1 saturated heterocycles. The first-order valence-corrected chi connectivity index (χ1v) is 11.8. The number of hydrogen-bond acceptors (Lipinski definition) is 4. The lowest BCUT2D eigenvalue weighted by atomic mass is 10.2. The third-order valence-corrected chi connectivity index (χ3v) is 7.06. The van der Waals surface area contributed by atoms with Crippen LogP contribution in [0, 0.1) is 6.92 Å². The highest BCUT2D eigenvalue weighted by atomic mass is 32.2. The van der Waals surface area contributed by atoms with Crippen LogP contribution >= 0.6 is 24.0 Å². The van der Waals surface area contributed by atoms with E-state index in [1.54, 1.807) is 28.2 Å². The van der Waals surface area contributed by atoms with Crippen LogP contribution in [0.5, 0.6) is 0 Å². The molecule has 0 bridgehead atoms. The second-order valence-corrected chi connectivity index (χ2v) is 9.50. The quantitative estimate of drug-likeness (QED) is 0.540. The van der Waals surface area contributed by atoms with Gasteiger partial charge in [0.25, 0.3) is 0 Å². The number of aryl methyl sites for hydroxylation is 1. The molecule has 0 aliphatic carbocycles. The maximum atomic E-state index is 12.8. The Morgan fingerprint density at radius 3 is 2.68 bits per heavy atom. The number of nitrogens with one attached hydrogen (secondary N) is 2. The minimum absolute atomic E-state index is 0.327. The third kappa shape index (κ3) is 5.84. The Bertz CT molecular complexity index is 686. The van der Waals surface area contributed by atoms with E-state index in [0.717, 1.165) is 49.2 Å². The van der Waals surface area contributed by atoms with Crippen molar-refractivity contribution in [3.05, 3.63) is 23.8 Å². The molecular formula is C17H27N3O2S3. The molecule has 0 atom stereocenters. The number of anilines is 1. The molecule has 1 fully saturated rings. The van der Waals surface area contributed by atoms with Crippen molar-refractivity contribution >= 4 is 44.8 Å². The van der Waals surface area contributed by atoms with Crippen molar-refractivity contribution < 1.29 is 8.42 Å². The fraction of sp³-hybridized carbons (Fsp3) is 0.588. The van der Waals surface area contributed by atoms with Gasteiger partial charge in [0.1, 0.15) is 0 Å². The summed E-state index contributed by atoms with van der Waals surface area (Å²) in [6.07, 6.45) is 6.07. The van der Waals surface area contributed by atoms with Crippen LogP contribution in [0.3, 0.4) is 0 Å². The average Bonchev–Trinajstić information content (AvgIpc) is 2.61. The first-order valence-electron chi connectivity index (χ1n) is 8.60. The summed E-state index contributed by atoms with van der Waals surface area (Å²) in [7, 11) is -3.43. The van der Waals surface area contributed by atoms with E-state index in [0.29, 0.717) is 23.1 Å². The fourth-order valence-electron chi connectivity index (χ4n) is 2.74. The number of benzene rings is 1. The van der Waals surface area contributed by atoms with Gasteiger partial charge in [0.2, 0.25) is 10.0 Å². The van der Waals surface area contributed by atoms with Gasteiger partial charge in [0.15, 0.2) is 5.11 Å². The number of hydrogen-bond donors (Lipinski definition) is 2. The van der Waals surface area contributed by atoms with E-state index < -0.39 is 10.0 Å². The molecule has 0 unspecified atom stereocenters. The van der Waals surface area contributed by atoms with E-state index in [2.05, 4.69) is 16.9 Å². The van der Waals surface area contributed by atoms with E-state index >= 15 is 0 Å². The molecule has 2 rings (SSSR count). The molecule has 1 aromatic carbocycles. The molecular weight excluding hydrogens is 374 g/mol. The topological polar surface area (TPSA) is 61.4 Å². The predicted molar refractivity (Wildman–Crippen MR) is 111 cm³/mol. The maximum absolute atomic E-state index is 12.8. The number of piperidine rings is 1. The molecule has 1 heterocycles. The van der Waals surface area contributed by atoms with Crippen LogP contribution in [0.4, 0.5) is 5.69 Å². The second-order valence-electron chi connectivity index (χ2n) is 6.17. The Kier molecular flexibility index (Phi) is 7.99. The standard InChI is InChI=1S/C17H27N3O2S3/c1-14-7-8-15(25(21,22)20-10-4-3-5-11-20)13-16(14)19-17(23)18-9-6-12-24-2/h7-8,13H,3-6,9-12H2,1-2H3,(H2,18,19,23). The van der Waals surface area contributed by atoms with Crippen LogP contribution in [0.25, 0.3) is 0 Å². The summed E-state index contributed by atoms with van der Waals surface area (Å²) < 4.78 is 27.2. The van der Waals surface area contributed by atoms with Crippen LogP contribution in [-0.2, 0) is 10.0 Å². The van der Waals surface area contributed by atoms with Gasteiger partial charge in [-0.1, -0.05) is 12.5 Å². The van der Waals surface area contributed by atoms with Gasteiger partial charge >= 0.3 is 0 Å². The highest BCUT2D eigenvalue weighted by molar-refractivity contribution is 7.98. The van der Waals surface area contributed by atoms with Crippen molar-refractivity contribution in [2.24, 2.45) is 0 Å². The van der Waals surface area contributed by atoms with Crippen LogP contribution < -0.4 is 10.6 Å². The summed E-state index contributed by atoms with van der Waals surface area (Å²) in [6.45, 7) is 3.95. The number of nitrogens with zero attached hydrogens (tertiary/aromatic N) is 1. The lowest BCUT2D eigenvalue weighted by Crippen LogP contribution is -2.35. The Hall–Kier alpha value is -0.830. The highest BCUT2D eigenvalue weighted by Crippen LogP contribution is 2.25. The molecule has 0 amide bonds. The lowest BCUT2D eigenvalue weighted by Gasteiger charge is -2.26. The van der Waals surface area contributed by atoms with Crippen LogP contribution in [0.2, 0.25) is 0 Å². The molecule has 5 nitrogen and oxygen atoms in total. The van der Waals surface area contributed by atoms with Crippen molar-refractivity contribution in [1.82, 2.24) is 9.62 Å². The average molecular weight is 402 g/mol. The first-order chi connectivity index (χ1) is 11.9. The van der Waals surface area contributed by atoms with E-state index in [4.69, 9.17) is 12.2 Å². The molecule has 0 aromatic heterocycles. The van der Waals surface area contributed by atoms with Gasteiger partial charge in [-0.05, 0) is 68.1 Å². The number of sulfonamides is 1.